The van der Waals surface area contributed by atoms with Gasteiger partial charge in [-0.05, 0) is 35.9 Å². The summed E-state index contributed by atoms with van der Waals surface area (Å²) >= 11 is 5.91. The van der Waals surface area contributed by atoms with Gasteiger partial charge < -0.3 is 5.73 Å². The molecule has 2 N–H and O–H groups in total. The van der Waals surface area contributed by atoms with Gasteiger partial charge in [-0.25, -0.2) is 8.78 Å². The predicted molar refractivity (Wildman–Crippen MR) is 70.3 cm³/mol. The molecule has 0 aliphatic heterocycles. The molecule has 0 fully saturated rings. The highest BCUT2D eigenvalue weighted by molar-refractivity contribution is 6.34. The summed E-state index contributed by atoms with van der Waals surface area (Å²) in [4.78, 5) is 12.0. The highest BCUT2D eigenvalue weighted by Crippen LogP contribution is 2.21. The second kappa shape index (κ2) is 5.36. The maximum atomic E-state index is 13.0. The Morgan fingerprint density at radius 3 is 2.47 bits per heavy atom. The van der Waals surface area contributed by atoms with Gasteiger partial charge in [-0.2, -0.15) is 0 Å². The van der Waals surface area contributed by atoms with Crippen LogP contribution in [0.25, 0.3) is 0 Å². The average Bonchev–Trinajstić information content (AvgIpc) is 2.33. The summed E-state index contributed by atoms with van der Waals surface area (Å²) in [6.07, 6.45) is -0.0547. The Balaban J connectivity index is 2.23. The highest BCUT2D eigenvalue weighted by Gasteiger charge is 2.12. The van der Waals surface area contributed by atoms with Crippen LogP contribution in [0, 0.1) is 11.6 Å². The van der Waals surface area contributed by atoms with Gasteiger partial charge in [0.1, 0.15) is 0 Å². The van der Waals surface area contributed by atoms with Crippen LogP contribution in [0.5, 0.6) is 0 Å². The number of rotatable bonds is 3. The largest absolute Gasteiger partial charge is 0.399 e. The molecule has 2 aromatic carbocycles. The van der Waals surface area contributed by atoms with Crippen LogP contribution in [0.3, 0.4) is 0 Å². The molecule has 0 saturated heterocycles. The van der Waals surface area contributed by atoms with Crippen LogP contribution in [0.4, 0.5) is 14.5 Å². The quantitative estimate of drug-likeness (QED) is 0.690. The molecule has 0 aromatic heterocycles. The van der Waals surface area contributed by atoms with Crippen LogP contribution in [-0.2, 0) is 6.42 Å². The number of hydrogen-bond acceptors (Lipinski definition) is 2. The van der Waals surface area contributed by atoms with Gasteiger partial charge in [-0.3, -0.25) is 4.79 Å². The Hall–Kier alpha value is -1.94. The number of anilines is 1. The number of carbonyl (C=O) groups excluding carboxylic acids is 1. The zero-order chi connectivity index (χ0) is 14.0. The van der Waals surface area contributed by atoms with Gasteiger partial charge in [-0.15, -0.1) is 0 Å². The summed E-state index contributed by atoms with van der Waals surface area (Å²) < 4.78 is 25.8. The summed E-state index contributed by atoms with van der Waals surface area (Å²) in [5.74, 6) is -2.20. The zero-order valence-electron chi connectivity index (χ0n) is 9.79. The van der Waals surface area contributed by atoms with Gasteiger partial charge >= 0.3 is 0 Å². The van der Waals surface area contributed by atoms with Crippen LogP contribution in [0.2, 0.25) is 5.02 Å². The molecule has 0 bridgehead atoms. The predicted octanol–water partition coefficient (Wildman–Crippen LogP) is 3.63. The number of ketones is 1. The van der Waals surface area contributed by atoms with Gasteiger partial charge in [0.05, 0.1) is 5.02 Å². The molecule has 2 aromatic rings. The fourth-order valence-electron chi connectivity index (χ4n) is 1.69. The van der Waals surface area contributed by atoms with E-state index in [4.69, 9.17) is 17.3 Å². The van der Waals surface area contributed by atoms with E-state index in [1.165, 1.54) is 18.2 Å². The van der Waals surface area contributed by atoms with E-state index in [-0.39, 0.29) is 17.2 Å². The summed E-state index contributed by atoms with van der Waals surface area (Å²) in [7, 11) is 0. The molecule has 0 radical (unpaired) electrons. The minimum absolute atomic E-state index is 0.0547. The summed E-state index contributed by atoms with van der Waals surface area (Å²) in [6.45, 7) is 0. The third kappa shape index (κ3) is 3.09. The number of carbonyl (C=O) groups is 1. The first kappa shape index (κ1) is 13.5. The van der Waals surface area contributed by atoms with Crippen molar-refractivity contribution in [1.82, 2.24) is 0 Å². The Labute approximate surface area is 113 Å². The molecule has 2 rings (SSSR count). The van der Waals surface area contributed by atoms with Gasteiger partial charge in [0, 0.05) is 17.7 Å². The number of benzene rings is 2. The van der Waals surface area contributed by atoms with Crippen molar-refractivity contribution in [2.24, 2.45) is 0 Å². The second-order valence-corrected chi connectivity index (χ2v) is 4.49. The van der Waals surface area contributed by atoms with Gasteiger partial charge in [-0.1, -0.05) is 17.7 Å². The summed E-state index contributed by atoms with van der Waals surface area (Å²) in [5.41, 5.74) is 6.67. The monoisotopic (exact) mass is 281 g/mol. The molecular weight excluding hydrogens is 272 g/mol. The lowest BCUT2D eigenvalue weighted by Gasteiger charge is -2.05. The first-order chi connectivity index (χ1) is 8.97. The van der Waals surface area contributed by atoms with Crippen LogP contribution < -0.4 is 5.73 Å². The third-order valence-corrected chi connectivity index (χ3v) is 2.95. The van der Waals surface area contributed by atoms with Crippen LogP contribution in [0.15, 0.2) is 36.4 Å². The second-order valence-electron chi connectivity index (χ2n) is 4.09. The van der Waals surface area contributed by atoms with Gasteiger partial charge in [0.2, 0.25) is 0 Å². The first-order valence-electron chi connectivity index (χ1n) is 5.49. The topological polar surface area (TPSA) is 43.1 Å². The molecule has 19 heavy (non-hydrogen) atoms. The molecule has 0 atom stereocenters. The Morgan fingerprint density at radius 1 is 1.11 bits per heavy atom. The molecule has 0 amide bonds. The van der Waals surface area contributed by atoms with Crippen molar-refractivity contribution in [3.8, 4) is 0 Å². The van der Waals surface area contributed by atoms with Crippen molar-refractivity contribution in [2.75, 3.05) is 5.73 Å². The van der Waals surface area contributed by atoms with E-state index in [2.05, 4.69) is 0 Å². The molecule has 0 aliphatic carbocycles. The van der Waals surface area contributed by atoms with Crippen molar-refractivity contribution in [3.05, 3.63) is 64.2 Å². The van der Waals surface area contributed by atoms with Crippen molar-refractivity contribution in [1.29, 1.82) is 0 Å². The molecule has 5 heteroatoms. The number of Topliss-reactive ketones (excluding diaryl/α,β-unsaturated/α-hetero) is 1. The van der Waals surface area contributed by atoms with Crippen LogP contribution in [-0.4, -0.2) is 5.78 Å². The normalized spacial score (nSPS) is 10.5. The van der Waals surface area contributed by atoms with E-state index in [1.807, 2.05) is 0 Å². The molecule has 0 aliphatic rings. The minimum Gasteiger partial charge on any atom is -0.399 e. The summed E-state index contributed by atoms with van der Waals surface area (Å²) in [6, 6.07) is 7.90. The van der Waals surface area contributed by atoms with Crippen molar-refractivity contribution in [3.63, 3.8) is 0 Å². The Morgan fingerprint density at radius 2 is 1.84 bits per heavy atom. The number of halogens is 3. The Bertz CT molecular complexity index is 643. The zero-order valence-corrected chi connectivity index (χ0v) is 10.5. The third-order valence-electron chi connectivity index (χ3n) is 2.64. The number of nitrogen functional groups attached to an aromatic ring is 1. The number of hydrogen-bond donors (Lipinski definition) is 1. The molecular formula is C14H10ClF2NO. The van der Waals surface area contributed by atoms with Gasteiger partial charge in [0.25, 0.3) is 0 Å². The van der Waals surface area contributed by atoms with E-state index in [1.54, 1.807) is 6.07 Å². The first-order valence-corrected chi connectivity index (χ1v) is 5.87. The lowest BCUT2D eigenvalue weighted by atomic mass is 10.0. The van der Waals surface area contributed by atoms with E-state index >= 15 is 0 Å². The average molecular weight is 282 g/mol. The van der Waals surface area contributed by atoms with E-state index in [0.29, 0.717) is 16.8 Å². The molecule has 0 spiro atoms. The maximum absolute atomic E-state index is 13.0. The molecule has 0 unspecified atom stereocenters. The van der Waals surface area contributed by atoms with Crippen LogP contribution >= 0.6 is 11.6 Å². The molecule has 2 nitrogen and oxygen atoms in total. The lowest BCUT2D eigenvalue weighted by molar-refractivity contribution is 0.0993. The highest BCUT2D eigenvalue weighted by atomic mass is 35.5. The standard InChI is InChI=1S/C14H10ClF2NO/c15-11-7-9(18)2-3-10(11)14(19)6-8-1-4-12(16)13(17)5-8/h1-5,7H,6,18H2. The lowest BCUT2D eigenvalue weighted by Crippen LogP contribution is -2.05. The number of nitrogens with two attached hydrogens (primary N) is 1. The van der Waals surface area contributed by atoms with Gasteiger partial charge in [0.15, 0.2) is 17.4 Å². The maximum Gasteiger partial charge on any atom is 0.168 e. The molecule has 0 saturated carbocycles. The van der Waals surface area contributed by atoms with Crippen LogP contribution in [0.1, 0.15) is 15.9 Å². The smallest absolute Gasteiger partial charge is 0.168 e. The molecule has 0 heterocycles. The van der Waals surface area contributed by atoms with Crippen molar-refractivity contribution >= 4 is 23.1 Å². The van der Waals surface area contributed by atoms with E-state index in [0.717, 1.165) is 12.1 Å². The summed E-state index contributed by atoms with van der Waals surface area (Å²) in [5, 5.41) is 0.243. The minimum atomic E-state index is -0.978. The molecule has 98 valence electrons. The van der Waals surface area contributed by atoms with E-state index < -0.39 is 11.6 Å². The fourth-order valence-corrected chi connectivity index (χ4v) is 1.98. The fraction of sp³-hybridized carbons (Fsp3) is 0.0714. The van der Waals surface area contributed by atoms with Crippen molar-refractivity contribution < 1.29 is 13.6 Å². The Kier molecular flexibility index (Phi) is 3.81. The van der Waals surface area contributed by atoms with E-state index in [9.17, 15) is 13.6 Å². The SMILES string of the molecule is Nc1ccc(C(=O)Cc2ccc(F)c(F)c2)c(Cl)c1. The van der Waals surface area contributed by atoms with Crippen molar-refractivity contribution in [2.45, 2.75) is 6.42 Å².